The van der Waals surface area contributed by atoms with Crippen LogP contribution in [0.2, 0.25) is 0 Å². The van der Waals surface area contributed by atoms with Gasteiger partial charge in [-0.2, -0.15) is 0 Å². The van der Waals surface area contributed by atoms with Gasteiger partial charge in [-0.15, -0.1) is 0 Å². The maximum atomic E-state index is 14.5. The second-order valence-electron chi connectivity index (χ2n) is 6.37. The number of benzene rings is 1. The summed E-state index contributed by atoms with van der Waals surface area (Å²) in [5.41, 5.74) is 0.273. The first-order valence-electron chi connectivity index (χ1n) is 7.53. The monoisotopic (exact) mass is 299 g/mol. The molecule has 0 amide bonds. The van der Waals surface area contributed by atoms with Gasteiger partial charge in [0.2, 0.25) is 0 Å². The molecule has 1 aromatic rings. The van der Waals surface area contributed by atoms with Crippen molar-refractivity contribution < 1.29 is 13.5 Å². The molecule has 120 valence electrons. The van der Waals surface area contributed by atoms with E-state index < -0.39 is 17.7 Å². The third-order valence-electron chi connectivity index (χ3n) is 3.56. The minimum absolute atomic E-state index is 0.0743. The molecule has 0 radical (unpaired) electrons. The van der Waals surface area contributed by atoms with Crippen LogP contribution in [0.25, 0.3) is 0 Å². The summed E-state index contributed by atoms with van der Waals surface area (Å²) in [6.07, 6.45) is -0.326. The quantitative estimate of drug-likeness (QED) is 0.842. The van der Waals surface area contributed by atoms with Crippen molar-refractivity contribution in [2.75, 3.05) is 13.2 Å². The molecule has 0 fully saturated rings. The molecular weight excluding hydrogens is 272 g/mol. The number of rotatable bonds is 6. The predicted octanol–water partition coefficient (Wildman–Crippen LogP) is 4.38. The van der Waals surface area contributed by atoms with Gasteiger partial charge < -0.3 is 10.1 Å². The summed E-state index contributed by atoms with van der Waals surface area (Å²) in [4.78, 5) is 0. The number of likely N-dealkylation sites (N-methyl/N-ethyl adjacent to an activating group) is 1. The third kappa shape index (κ3) is 4.24. The topological polar surface area (TPSA) is 21.3 Å². The SMILES string of the molecule is CCNC(c1c(F)ccc(C)c1F)C(OCC)C(C)(C)C. The van der Waals surface area contributed by atoms with Crippen LogP contribution in [0.1, 0.15) is 51.8 Å². The molecule has 0 heterocycles. The molecule has 0 aliphatic rings. The van der Waals surface area contributed by atoms with Crippen LogP contribution in [-0.4, -0.2) is 19.3 Å². The Labute approximate surface area is 126 Å². The number of hydrogen-bond donors (Lipinski definition) is 1. The van der Waals surface area contributed by atoms with Crippen LogP contribution < -0.4 is 5.32 Å². The first-order chi connectivity index (χ1) is 9.73. The molecule has 2 atom stereocenters. The normalized spacial score (nSPS) is 15.0. The molecule has 1 rings (SSSR count). The zero-order valence-electron chi connectivity index (χ0n) is 13.9. The Morgan fingerprint density at radius 1 is 1.19 bits per heavy atom. The molecule has 2 unspecified atom stereocenters. The summed E-state index contributed by atoms with van der Waals surface area (Å²) in [6, 6.07) is 2.27. The highest BCUT2D eigenvalue weighted by Crippen LogP contribution is 2.35. The number of halogens is 2. The lowest BCUT2D eigenvalue weighted by Gasteiger charge is -2.37. The van der Waals surface area contributed by atoms with E-state index in [-0.39, 0.29) is 17.1 Å². The van der Waals surface area contributed by atoms with Crippen molar-refractivity contribution in [3.63, 3.8) is 0 Å². The fourth-order valence-corrected chi connectivity index (χ4v) is 2.57. The second kappa shape index (κ2) is 7.32. The van der Waals surface area contributed by atoms with Crippen molar-refractivity contribution in [3.05, 3.63) is 34.9 Å². The fourth-order valence-electron chi connectivity index (χ4n) is 2.57. The molecule has 4 heteroatoms. The minimum atomic E-state index is -0.530. The number of nitrogens with one attached hydrogen (secondary N) is 1. The van der Waals surface area contributed by atoms with E-state index in [4.69, 9.17) is 4.74 Å². The van der Waals surface area contributed by atoms with E-state index in [9.17, 15) is 8.78 Å². The highest BCUT2D eigenvalue weighted by molar-refractivity contribution is 5.30. The number of aryl methyl sites for hydroxylation is 1. The molecule has 0 saturated heterocycles. The van der Waals surface area contributed by atoms with Crippen LogP contribution in [0.15, 0.2) is 12.1 Å². The largest absolute Gasteiger partial charge is 0.376 e. The van der Waals surface area contributed by atoms with Gasteiger partial charge in [-0.25, -0.2) is 8.78 Å². The molecule has 0 spiro atoms. The minimum Gasteiger partial charge on any atom is -0.376 e. The zero-order chi connectivity index (χ0) is 16.2. The van der Waals surface area contributed by atoms with E-state index >= 15 is 0 Å². The van der Waals surface area contributed by atoms with E-state index in [0.29, 0.717) is 18.7 Å². The van der Waals surface area contributed by atoms with E-state index in [1.807, 2.05) is 34.6 Å². The molecule has 0 aliphatic heterocycles. The van der Waals surface area contributed by atoms with Crippen LogP contribution in [0.4, 0.5) is 8.78 Å². The van der Waals surface area contributed by atoms with Gasteiger partial charge in [-0.3, -0.25) is 0 Å². The van der Waals surface area contributed by atoms with Gasteiger partial charge >= 0.3 is 0 Å². The van der Waals surface area contributed by atoms with Crippen molar-refractivity contribution in [2.24, 2.45) is 5.41 Å². The van der Waals surface area contributed by atoms with Crippen LogP contribution in [0, 0.1) is 24.0 Å². The molecule has 21 heavy (non-hydrogen) atoms. The average molecular weight is 299 g/mol. The fraction of sp³-hybridized carbons (Fsp3) is 0.647. The lowest BCUT2D eigenvalue weighted by Crippen LogP contribution is -2.43. The van der Waals surface area contributed by atoms with Gasteiger partial charge in [0, 0.05) is 12.2 Å². The third-order valence-corrected chi connectivity index (χ3v) is 3.56. The van der Waals surface area contributed by atoms with Gasteiger partial charge in [-0.05, 0) is 37.4 Å². The average Bonchev–Trinajstić information content (AvgIpc) is 2.38. The van der Waals surface area contributed by atoms with Crippen molar-refractivity contribution in [1.82, 2.24) is 5.32 Å². The lowest BCUT2D eigenvalue weighted by atomic mass is 9.81. The van der Waals surface area contributed by atoms with Gasteiger partial charge in [0.05, 0.1) is 12.1 Å². The Morgan fingerprint density at radius 3 is 2.29 bits per heavy atom. The van der Waals surface area contributed by atoms with Gasteiger partial charge in [-0.1, -0.05) is 33.8 Å². The number of ether oxygens (including phenoxy) is 1. The molecule has 1 N–H and O–H groups in total. The Kier molecular flexibility index (Phi) is 6.29. The van der Waals surface area contributed by atoms with Crippen molar-refractivity contribution >= 4 is 0 Å². The molecule has 0 bridgehead atoms. The summed E-state index contributed by atoms with van der Waals surface area (Å²) < 4.78 is 34.6. The standard InChI is InChI=1S/C17H27F2NO/c1-7-20-15(16(21-8-2)17(4,5)6)13-12(18)10-9-11(3)14(13)19/h9-10,15-16,20H,7-8H2,1-6H3. The zero-order valence-corrected chi connectivity index (χ0v) is 13.9. The summed E-state index contributed by atoms with van der Waals surface area (Å²) in [6.45, 7) is 12.6. The van der Waals surface area contributed by atoms with Crippen molar-refractivity contribution in [2.45, 2.75) is 53.7 Å². The van der Waals surface area contributed by atoms with E-state index in [1.54, 1.807) is 6.92 Å². The van der Waals surface area contributed by atoms with Crippen molar-refractivity contribution in [3.8, 4) is 0 Å². The Bertz CT molecular complexity index is 469. The summed E-state index contributed by atoms with van der Waals surface area (Å²) in [5, 5.41) is 3.19. The highest BCUT2D eigenvalue weighted by Gasteiger charge is 2.36. The molecule has 0 saturated carbocycles. The maximum absolute atomic E-state index is 14.5. The first kappa shape index (κ1) is 18.1. The van der Waals surface area contributed by atoms with Crippen LogP contribution >= 0.6 is 0 Å². The van der Waals surface area contributed by atoms with E-state index in [0.717, 1.165) is 0 Å². The van der Waals surface area contributed by atoms with Gasteiger partial charge in [0.15, 0.2) is 0 Å². The number of hydrogen-bond acceptors (Lipinski definition) is 2. The Hall–Kier alpha value is -1.00. The lowest BCUT2D eigenvalue weighted by molar-refractivity contribution is -0.0377. The summed E-state index contributed by atoms with van der Waals surface area (Å²) in [7, 11) is 0. The Morgan fingerprint density at radius 2 is 1.81 bits per heavy atom. The molecular formula is C17H27F2NO. The van der Waals surface area contributed by atoms with Gasteiger partial charge in [0.25, 0.3) is 0 Å². The molecule has 1 aromatic carbocycles. The molecule has 0 aromatic heterocycles. The smallest absolute Gasteiger partial charge is 0.133 e. The maximum Gasteiger partial charge on any atom is 0.133 e. The van der Waals surface area contributed by atoms with Crippen LogP contribution in [0.5, 0.6) is 0 Å². The van der Waals surface area contributed by atoms with Crippen LogP contribution in [0.3, 0.4) is 0 Å². The second-order valence-corrected chi connectivity index (χ2v) is 6.37. The molecule has 2 nitrogen and oxygen atoms in total. The summed E-state index contributed by atoms with van der Waals surface area (Å²) >= 11 is 0. The summed E-state index contributed by atoms with van der Waals surface area (Å²) in [5.74, 6) is -1.02. The van der Waals surface area contributed by atoms with Gasteiger partial charge in [0.1, 0.15) is 11.6 Å². The Balaban J connectivity index is 3.37. The van der Waals surface area contributed by atoms with Crippen molar-refractivity contribution in [1.29, 1.82) is 0 Å². The van der Waals surface area contributed by atoms with Crippen LogP contribution in [-0.2, 0) is 4.74 Å². The first-order valence-corrected chi connectivity index (χ1v) is 7.53. The van der Waals surface area contributed by atoms with E-state index in [2.05, 4.69) is 5.32 Å². The molecule has 0 aliphatic carbocycles. The van der Waals surface area contributed by atoms with E-state index in [1.165, 1.54) is 12.1 Å². The highest BCUT2D eigenvalue weighted by atomic mass is 19.1. The predicted molar refractivity (Wildman–Crippen MR) is 82.4 cm³/mol.